The molecule has 0 spiro atoms. The van der Waals surface area contributed by atoms with Gasteiger partial charge < -0.3 is 10.1 Å². The highest BCUT2D eigenvalue weighted by Crippen LogP contribution is 2.21. The summed E-state index contributed by atoms with van der Waals surface area (Å²) in [6.07, 6.45) is 1.62. The number of nitrogens with zero attached hydrogens (tertiary/aromatic N) is 4. The molecule has 8 heteroatoms. The average molecular weight is 291 g/mol. The van der Waals surface area contributed by atoms with Crippen molar-refractivity contribution in [2.24, 2.45) is 14.1 Å². The number of rotatable bonds is 3. The second-order valence-corrected chi connectivity index (χ2v) is 4.68. The molecule has 0 saturated carbocycles. The largest absolute Gasteiger partial charge is 0.464 e. The van der Waals surface area contributed by atoms with Crippen molar-refractivity contribution >= 4 is 17.6 Å². The third-order valence-corrected chi connectivity index (χ3v) is 3.10. The van der Waals surface area contributed by atoms with Crippen LogP contribution < -0.4 is 5.32 Å². The Labute approximate surface area is 121 Å². The van der Waals surface area contributed by atoms with Crippen LogP contribution in [0, 0.1) is 13.8 Å². The molecule has 0 aromatic carbocycles. The van der Waals surface area contributed by atoms with E-state index >= 15 is 0 Å². The Balaban J connectivity index is 2.38. The minimum atomic E-state index is -0.559. The van der Waals surface area contributed by atoms with Crippen LogP contribution in [0.3, 0.4) is 0 Å². The first kappa shape index (κ1) is 14.8. The first-order chi connectivity index (χ1) is 9.85. The van der Waals surface area contributed by atoms with Gasteiger partial charge in [-0.05, 0) is 13.8 Å². The minimum Gasteiger partial charge on any atom is -0.464 e. The Bertz CT molecular complexity index is 714. The van der Waals surface area contributed by atoms with Gasteiger partial charge in [0.1, 0.15) is 0 Å². The predicted molar refractivity (Wildman–Crippen MR) is 75.2 cm³/mol. The number of aromatic nitrogens is 4. The molecule has 1 N–H and O–H groups in total. The lowest BCUT2D eigenvalue weighted by Gasteiger charge is -2.06. The van der Waals surface area contributed by atoms with Crippen LogP contribution in [0.15, 0.2) is 6.20 Å². The van der Waals surface area contributed by atoms with E-state index in [1.807, 2.05) is 0 Å². The highest BCUT2D eigenvalue weighted by molar-refractivity contribution is 6.08. The van der Waals surface area contributed by atoms with Crippen LogP contribution >= 0.6 is 0 Å². The van der Waals surface area contributed by atoms with Gasteiger partial charge in [0.25, 0.3) is 5.91 Å². The standard InChI is InChI=1S/C13H17N5O3/c1-7-9(6-17(3)15-7)12(19)14-10-8(2)16-18(4)11(10)13(20)21-5/h6H,1-5H3,(H,14,19). The van der Waals surface area contributed by atoms with E-state index in [-0.39, 0.29) is 11.6 Å². The molecule has 0 aliphatic heterocycles. The molecule has 2 aromatic rings. The summed E-state index contributed by atoms with van der Waals surface area (Å²) in [7, 11) is 4.63. The Kier molecular flexibility index (Phi) is 3.79. The van der Waals surface area contributed by atoms with Crippen molar-refractivity contribution in [3.63, 3.8) is 0 Å². The topological polar surface area (TPSA) is 91.0 Å². The lowest BCUT2D eigenvalue weighted by Crippen LogP contribution is -2.17. The first-order valence-corrected chi connectivity index (χ1v) is 6.28. The number of amides is 1. The van der Waals surface area contributed by atoms with Crippen LogP contribution in [-0.2, 0) is 18.8 Å². The number of hydrogen-bond donors (Lipinski definition) is 1. The fourth-order valence-corrected chi connectivity index (χ4v) is 2.14. The summed E-state index contributed by atoms with van der Waals surface area (Å²) in [5.41, 5.74) is 2.13. The molecule has 0 bridgehead atoms. The van der Waals surface area contributed by atoms with E-state index < -0.39 is 5.97 Å². The number of aryl methyl sites for hydroxylation is 4. The number of nitrogens with one attached hydrogen (secondary N) is 1. The van der Waals surface area contributed by atoms with E-state index in [1.54, 1.807) is 38.8 Å². The average Bonchev–Trinajstić information content (AvgIpc) is 2.88. The molecule has 0 aliphatic rings. The van der Waals surface area contributed by atoms with Gasteiger partial charge in [0.2, 0.25) is 0 Å². The Morgan fingerprint density at radius 2 is 1.86 bits per heavy atom. The zero-order valence-corrected chi connectivity index (χ0v) is 12.6. The van der Waals surface area contributed by atoms with Gasteiger partial charge in [-0.3, -0.25) is 14.2 Å². The molecule has 1 amide bonds. The summed E-state index contributed by atoms with van der Waals surface area (Å²) in [4.78, 5) is 24.1. The minimum absolute atomic E-state index is 0.199. The third-order valence-electron chi connectivity index (χ3n) is 3.10. The first-order valence-electron chi connectivity index (χ1n) is 6.28. The van der Waals surface area contributed by atoms with Crippen LogP contribution in [0.2, 0.25) is 0 Å². The fraction of sp³-hybridized carbons (Fsp3) is 0.385. The molecule has 0 fully saturated rings. The summed E-state index contributed by atoms with van der Waals surface area (Å²) in [6, 6.07) is 0. The van der Waals surface area contributed by atoms with E-state index in [0.717, 1.165) is 0 Å². The van der Waals surface area contributed by atoms with E-state index in [0.29, 0.717) is 22.6 Å². The lowest BCUT2D eigenvalue weighted by molar-refractivity contribution is 0.0589. The Morgan fingerprint density at radius 1 is 1.19 bits per heavy atom. The molecule has 0 radical (unpaired) electrons. The molecule has 2 rings (SSSR count). The zero-order chi connectivity index (χ0) is 15.7. The van der Waals surface area contributed by atoms with Crippen LogP contribution in [0.25, 0.3) is 0 Å². The van der Waals surface area contributed by atoms with Crippen molar-refractivity contribution < 1.29 is 14.3 Å². The number of carbonyl (C=O) groups excluding carboxylic acids is 2. The lowest BCUT2D eigenvalue weighted by atomic mass is 10.2. The van der Waals surface area contributed by atoms with Crippen LogP contribution in [-0.4, -0.2) is 38.5 Å². The van der Waals surface area contributed by atoms with Gasteiger partial charge in [-0.25, -0.2) is 4.79 Å². The van der Waals surface area contributed by atoms with Gasteiger partial charge in [0, 0.05) is 20.3 Å². The molecule has 0 atom stereocenters. The molecule has 112 valence electrons. The molecular formula is C13H17N5O3. The quantitative estimate of drug-likeness (QED) is 0.845. The maximum Gasteiger partial charge on any atom is 0.358 e. The number of esters is 1. The van der Waals surface area contributed by atoms with Gasteiger partial charge in [-0.2, -0.15) is 10.2 Å². The Morgan fingerprint density at radius 3 is 2.38 bits per heavy atom. The van der Waals surface area contributed by atoms with E-state index in [1.165, 1.54) is 11.8 Å². The zero-order valence-electron chi connectivity index (χ0n) is 12.6. The summed E-state index contributed by atoms with van der Waals surface area (Å²) in [6.45, 7) is 3.45. The van der Waals surface area contributed by atoms with Gasteiger partial charge in [0.05, 0.1) is 29.7 Å². The van der Waals surface area contributed by atoms with Gasteiger partial charge >= 0.3 is 5.97 Å². The molecule has 2 heterocycles. The van der Waals surface area contributed by atoms with Gasteiger partial charge in [-0.1, -0.05) is 0 Å². The molecule has 0 saturated heterocycles. The monoisotopic (exact) mass is 291 g/mol. The van der Waals surface area contributed by atoms with E-state index in [2.05, 4.69) is 15.5 Å². The van der Waals surface area contributed by atoms with E-state index in [4.69, 9.17) is 4.74 Å². The third kappa shape index (κ3) is 2.64. The highest BCUT2D eigenvalue weighted by atomic mass is 16.5. The Hall–Kier alpha value is -2.64. The maximum atomic E-state index is 12.3. The number of methoxy groups -OCH3 is 1. The SMILES string of the molecule is COC(=O)c1c(NC(=O)c2cn(C)nc2C)c(C)nn1C. The van der Waals surface area contributed by atoms with Crippen molar-refractivity contribution in [1.29, 1.82) is 0 Å². The molecule has 0 aliphatic carbocycles. The second-order valence-electron chi connectivity index (χ2n) is 4.68. The summed E-state index contributed by atoms with van der Waals surface area (Å²) >= 11 is 0. The van der Waals surface area contributed by atoms with Crippen molar-refractivity contribution in [3.05, 3.63) is 28.8 Å². The summed E-state index contributed by atoms with van der Waals surface area (Å²) in [5, 5.41) is 11.0. The number of ether oxygens (including phenoxy) is 1. The smallest absolute Gasteiger partial charge is 0.358 e. The van der Waals surface area contributed by atoms with Crippen molar-refractivity contribution in [2.45, 2.75) is 13.8 Å². The van der Waals surface area contributed by atoms with Crippen LogP contribution in [0.1, 0.15) is 32.2 Å². The molecule has 0 unspecified atom stereocenters. The summed E-state index contributed by atoms with van der Waals surface area (Å²) in [5.74, 6) is -0.904. The maximum absolute atomic E-state index is 12.3. The van der Waals surface area contributed by atoms with Crippen molar-refractivity contribution in [1.82, 2.24) is 19.6 Å². The number of carbonyl (C=O) groups is 2. The van der Waals surface area contributed by atoms with Gasteiger partial charge in [-0.15, -0.1) is 0 Å². The van der Waals surface area contributed by atoms with Crippen molar-refractivity contribution in [2.75, 3.05) is 12.4 Å². The summed E-state index contributed by atoms with van der Waals surface area (Å²) < 4.78 is 7.66. The fourth-order valence-electron chi connectivity index (χ4n) is 2.14. The molecule has 21 heavy (non-hydrogen) atoms. The van der Waals surface area contributed by atoms with Gasteiger partial charge in [0.15, 0.2) is 5.69 Å². The predicted octanol–water partition coefficient (Wildman–Crippen LogP) is 0.809. The van der Waals surface area contributed by atoms with Crippen molar-refractivity contribution in [3.8, 4) is 0 Å². The van der Waals surface area contributed by atoms with E-state index in [9.17, 15) is 9.59 Å². The highest BCUT2D eigenvalue weighted by Gasteiger charge is 2.23. The van der Waals surface area contributed by atoms with Crippen LogP contribution in [0.5, 0.6) is 0 Å². The number of hydrogen-bond acceptors (Lipinski definition) is 5. The normalized spacial score (nSPS) is 10.5. The molecule has 8 nitrogen and oxygen atoms in total. The second kappa shape index (κ2) is 5.39. The number of anilines is 1. The van der Waals surface area contributed by atoms with Crippen LogP contribution in [0.4, 0.5) is 5.69 Å². The molecular weight excluding hydrogens is 274 g/mol. The molecule has 2 aromatic heterocycles.